The van der Waals surface area contributed by atoms with Gasteiger partial charge in [0.1, 0.15) is 12.7 Å². The molecule has 1 amide bonds. The minimum Gasteiger partial charge on any atom is -0.306 e. The molecule has 0 unspecified atom stereocenters. The fraction of sp³-hybridized carbons (Fsp3) is 0. The molecule has 15 heavy (non-hydrogen) atoms. The average Bonchev–Trinajstić information content (AvgIpc) is 2.74. The van der Waals surface area contributed by atoms with Gasteiger partial charge >= 0.3 is 6.03 Å². The molecular weight excluding hydrogens is 216 g/mol. The first-order valence-corrected chi connectivity index (χ1v) is 4.55. The van der Waals surface area contributed by atoms with Gasteiger partial charge in [0.25, 0.3) is 0 Å². The van der Waals surface area contributed by atoms with Crippen LogP contribution in [0.2, 0.25) is 5.02 Å². The fourth-order valence-corrected chi connectivity index (χ4v) is 1.15. The molecule has 0 spiro atoms. The van der Waals surface area contributed by atoms with Crippen LogP contribution in [0.5, 0.6) is 0 Å². The Balaban J connectivity index is 2.09. The second kappa shape index (κ2) is 4.10. The van der Waals surface area contributed by atoms with Crippen LogP contribution in [0.3, 0.4) is 0 Å². The summed E-state index contributed by atoms with van der Waals surface area (Å²) in [5.41, 5.74) is 0.653. The molecular formula is C9H7ClN4O. The second-order valence-electron chi connectivity index (χ2n) is 2.78. The van der Waals surface area contributed by atoms with E-state index < -0.39 is 0 Å². The summed E-state index contributed by atoms with van der Waals surface area (Å²) in [6, 6.07) is 6.43. The highest BCUT2D eigenvalue weighted by molar-refractivity contribution is 6.30. The molecule has 0 aliphatic carbocycles. The van der Waals surface area contributed by atoms with Crippen LogP contribution < -0.4 is 5.32 Å². The number of benzene rings is 1. The Morgan fingerprint density at radius 2 is 2.07 bits per heavy atom. The van der Waals surface area contributed by atoms with E-state index in [0.29, 0.717) is 10.7 Å². The highest BCUT2D eigenvalue weighted by Gasteiger charge is 2.04. The van der Waals surface area contributed by atoms with Gasteiger partial charge in [0.05, 0.1) is 0 Å². The van der Waals surface area contributed by atoms with Gasteiger partial charge in [0.2, 0.25) is 0 Å². The molecule has 0 bridgehead atoms. The Labute approximate surface area is 90.7 Å². The van der Waals surface area contributed by atoms with Crippen molar-refractivity contribution in [1.82, 2.24) is 14.8 Å². The zero-order valence-corrected chi connectivity index (χ0v) is 8.35. The van der Waals surface area contributed by atoms with Crippen LogP contribution in [0.25, 0.3) is 0 Å². The van der Waals surface area contributed by atoms with Gasteiger partial charge in [0, 0.05) is 10.7 Å². The van der Waals surface area contributed by atoms with Crippen molar-refractivity contribution in [1.29, 1.82) is 0 Å². The van der Waals surface area contributed by atoms with E-state index >= 15 is 0 Å². The van der Waals surface area contributed by atoms with Gasteiger partial charge in [-0.25, -0.2) is 9.78 Å². The lowest BCUT2D eigenvalue weighted by molar-refractivity contribution is 0.251. The van der Waals surface area contributed by atoms with Gasteiger partial charge in [-0.3, -0.25) is 0 Å². The minimum atomic E-state index is -0.366. The number of hydrogen-bond donors (Lipinski definition) is 1. The standard InChI is InChI=1S/C9H7ClN4O/c10-7-1-3-8(4-2-7)13-9(15)14-6-11-5-12-14/h1-6H,(H,13,15). The molecule has 0 aliphatic rings. The number of carbonyl (C=O) groups excluding carboxylic acids is 1. The minimum absolute atomic E-state index is 0.366. The van der Waals surface area contributed by atoms with Gasteiger partial charge in [-0.1, -0.05) is 11.6 Å². The van der Waals surface area contributed by atoms with Crippen molar-refractivity contribution in [3.63, 3.8) is 0 Å². The lowest BCUT2D eigenvalue weighted by atomic mass is 10.3. The Morgan fingerprint density at radius 3 is 2.67 bits per heavy atom. The molecule has 0 saturated heterocycles. The van der Waals surface area contributed by atoms with Crippen molar-refractivity contribution in [3.8, 4) is 0 Å². The lowest BCUT2D eigenvalue weighted by Crippen LogP contribution is -2.19. The van der Waals surface area contributed by atoms with Crippen LogP contribution in [0, 0.1) is 0 Å². The summed E-state index contributed by atoms with van der Waals surface area (Å²) in [6.07, 6.45) is 2.62. The van der Waals surface area contributed by atoms with E-state index in [1.165, 1.54) is 12.7 Å². The molecule has 0 aliphatic heterocycles. The van der Waals surface area contributed by atoms with Gasteiger partial charge < -0.3 is 5.32 Å². The Kier molecular flexibility index (Phi) is 2.64. The maximum absolute atomic E-state index is 11.5. The molecule has 6 heteroatoms. The van der Waals surface area contributed by atoms with E-state index in [-0.39, 0.29) is 6.03 Å². The topological polar surface area (TPSA) is 59.8 Å². The zero-order chi connectivity index (χ0) is 10.7. The van der Waals surface area contributed by atoms with Crippen molar-refractivity contribution in [2.75, 3.05) is 5.32 Å². The number of hydrogen-bond acceptors (Lipinski definition) is 3. The number of aromatic nitrogens is 3. The number of amides is 1. The molecule has 5 nitrogen and oxygen atoms in total. The molecule has 1 heterocycles. The molecule has 1 N–H and O–H groups in total. The molecule has 0 fully saturated rings. The molecule has 0 saturated carbocycles. The van der Waals surface area contributed by atoms with Crippen LogP contribution in [0.1, 0.15) is 0 Å². The van der Waals surface area contributed by atoms with E-state index in [1.807, 2.05) is 0 Å². The van der Waals surface area contributed by atoms with Crippen LogP contribution in [-0.2, 0) is 0 Å². The van der Waals surface area contributed by atoms with Crippen molar-refractivity contribution in [2.45, 2.75) is 0 Å². The molecule has 76 valence electrons. The summed E-state index contributed by atoms with van der Waals surface area (Å²) < 4.78 is 1.11. The second-order valence-corrected chi connectivity index (χ2v) is 3.21. The number of halogens is 1. The highest BCUT2D eigenvalue weighted by atomic mass is 35.5. The molecule has 1 aromatic carbocycles. The molecule has 0 atom stereocenters. The van der Waals surface area contributed by atoms with E-state index in [2.05, 4.69) is 15.4 Å². The van der Waals surface area contributed by atoms with Crippen LogP contribution in [-0.4, -0.2) is 20.8 Å². The maximum atomic E-state index is 11.5. The van der Waals surface area contributed by atoms with E-state index in [9.17, 15) is 4.79 Å². The Hall–Kier alpha value is -1.88. The summed E-state index contributed by atoms with van der Waals surface area (Å²) in [5, 5.41) is 6.95. The lowest BCUT2D eigenvalue weighted by Gasteiger charge is -2.03. The number of nitrogens with one attached hydrogen (secondary N) is 1. The highest BCUT2D eigenvalue weighted by Crippen LogP contribution is 2.13. The van der Waals surface area contributed by atoms with Crippen molar-refractivity contribution in [2.24, 2.45) is 0 Å². The van der Waals surface area contributed by atoms with E-state index in [4.69, 9.17) is 11.6 Å². The summed E-state index contributed by atoms with van der Waals surface area (Å²) in [5.74, 6) is 0. The SMILES string of the molecule is O=C(Nc1ccc(Cl)cc1)n1cncn1. The third-order valence-electron chi connectivity index (χ3n) is 1.72. The van der Waals surface area contributed by atoms with Gasteiger partial charge in [-0.2, -0.15) is 9.78 Å². The molecule has 2 aromatic rings. The van der Waals surface area contributed by atoms with E-state index in [0.717, 1.165) is 4.68 Å². The first-order valence-electron chi connectivity index (χ1n) is 4.17. The Morgan fingerprint density at radius 1 is 1.33 bits per heavy atom. The predicted molar refractivity (Wildman–Crippen MR) is 55.9 cm³/mol. The van der Waals surface area contributed by atoms with E-state index in [1.54, 1.807) is 24.3 Å². The molecule has 0 radical (unpaired) electrons. The first kappa shape index (κ1) is 9.67. The van der Waals surface area contributed by atoms with Crippen molar-refractivity contribution < 1.29 is 4.79 Å². The van der Waals surface area contributed by atoms with Gasteiger partial charge in [-0.05, 0) is 24.3 Å². The number of nitrogens with zero attached hydrogens (tertiary/aromatic N) is 3. The number of anilines is 1. The van der Waals surface area contributed by atoms with Gasteiger partial charge in [-0.15, -0.1) is 0 Å². The smallest absolute Gasteiger partial charge is 0.306 e. The van der Waals surface area contributed by atoms with Crippen LogP contribution in [0.15, 0.2) is 36.9 Å². The van der Waals surface area contributed by atoms with Crippen LogP contribution in [0.4, 0.5) is 10.5 Å². The number of rotatable bonds is 1. The molecule has 2 rings (SSSR count). The summed E-state index contributed by atoms with van der Waals surface area (Å²) >= 11 is 5.71. The third kappa shape index (κ3) is 2.32. The summed E-state index contributed by atoms with van der Waals surface area (Å²) in [7, 11) is 0. The Bertz CT molecular complexity index is 451. The maximum Gasteiger partial charge on any atom is 0.348 e. The average molecular weight is 223 g/mol. The van der Waals surface area contributed by atoms with Crippen molar-refractivity contribution >= 4 is 23.3 Å². The largest absolute Gasteiger partial charge is 0.348 e. The monoisotopic (exact) mass is 222 g/mol. The summed E-state index contributed by atoms with van der Waals surface area (Å²) in [4.78, 5) is 15.1. The quantitative estimate of drug-likeness (QED) is 0.803. The first-order chi connectivity index (χ1) is 7.25. The number of carbonyl (C=O) groups is 1. The predicted octanol–water partition coefficient (Wildman–Crippen LogP) is 2.01. The van der Waals surface area contributed by atoms with Crippen molar-refractivity contribution in [3.05, 3.63) is 41.9 Å². The van der Waals surface area contributed by atoms with Gasteiger partial charge in [0.15, 0.2) is 0 Å². The normalized spacial score (nSPS) is 9.93. The zero-order valence-electron chi connectivity index (χ0n) is 7.59. The molecule has 1 aromatic heterocycles. The summed E-state index contributed by atoms with van der Waals surface area (Å²) in [6.45, 7) is 0. The fourth-order valence-electron chi connectivity index (χ4n) is 1.03. The van der Waals surface area contributed by atoms with Crippen LogP contribution >= 0.6 is 11.6 Å². The third-order valence-corrected chi connectivity index (χ3v) is 1.97.